The third kappa shape index (κ3) is 5.15. The number of hydrogen-bond donors (Lipinski definition) is 1. The molecule has 1 N–H and O–H groups in total. The van der Waals surface area contributed by atoms with Gasteiger partial charge in [0.2, 0.25) is 0 Å². The maximum Gasteiger partial charge on any atom is 0.138 e. The molecule has 0 radical (unpaired) electrons. The van der Waals surface area contributed by atoms with E-state index in [-0.39, 0.29) is 12.4 Å². The van der Waals surface area contributed by atoms with E-state index < -0.39 is 0 Å². The van der Waals surface area contributed by atoms with Gasteiger partial charge in [0.15, 0.2) is 0 Å². The predicted molar refractivity (Wildman–Crippen MR) is 83.3 cm³/mol. The molecule has 3 heteroatoms. The summed E-state index contributed by atoms with van der Waals surface area (Å²) in [5, 5.41) is 8.73. The lowest BCUT2D eigenvalue weighted by Crippen LogP contribution is -2.26. The first-order valence-electron chi connectivity index (χ1n) is 7.86. The van der Waals surface area contributed by atoms with Crippen LogP contribution in [0.2, 0.25) is 0 Å². The molecule has 2 nitrogen and oxygen atoms in total. The van der Waals surface area contributed by atoms with E-state index in [2.05, 4.69) is 23.7 Å². The second kappa shape index (κ2) is 8.17. The van der Waals surface area contributed by atoms with Crippen LogP contribution in [0.1, 0.15) is 50.2 Å². The van der Waals surface area contributed by atoms with Crippen LogP contribution in [0.5, 0.6) is 0 Å². The summed E-state index contributed by atoms with van der Waals surface area (Å²) in [5.41, 5.74) is 1.56. The van der Waals surface area contributed by atoms with E-state index in [1.807, 2.05) is 12.1 Å². The van der Waals surface area contributed by atoms with Gasteiger partial charge in [0.1, 0.15) is 5.82 Å². The Kier molecular flexibility index (Phi) is 6.22. The van der Waals surface area contributed by atoms with Crippen molar-refractivity contribution in [3.63, 3.8) is 0 Å². The molecule has 0 aromatic heterocycles. The molecule has 0 spiro atoms. The van der Waals surface area contributed by atoms with Gasteiger partial charge in [-0.15, -0.1) is 0 Å². The molecule has 0 amide bonds. The number of nitrogens with zero attached hydrogens (tertiary/aromatic N) is 1. The summed E-state index contributed by atoms with van der Waals surface area (Å²) in [6.07, 6.45) is 5.36. The number of aliphatic hydroxyl groups excluding tert-OH is 1. The average molecular weight is 289 g/mol. The quantitative estimate of drug-likeness (QED) is 0.778. The fourth-order valence-electron chi connectivity index (χ4n) is 2.41. The number of unbranched alkanes of at least 4 members (excludes halogenated alkanes) is 1. The topological polar surface area (TPSA) is 23.5 Å². The third-order valence-corrected chi connectivity index (χ3v) is 3.74. The fraction of sp³-hybridized carbons (Fsp3) is 0.556. The summed E-state index contributed by atoms with van der Waals surface area (Å²) >= 11 is 0. The molecule has 1 aromatic rings. The van der Waals surface area contributed by atoms with E-state index in [4.69, 9.17) is 5.11 Å². The van der Waals surface area contributed by atoms with Crippen LogP contribution < -0.4 is 0 Å². The smallest absolute Gasteiger partial charge is 0.138 e. The van der Waals surface area contributed by atoms with E-state index in [0.717, 1.165) is 18.7 Å². The summed E-state index contributed by atoms with van der Waals surface area (Å²) < 4.78 is 13.7. The molecule has 1 fully saturated rings. The number of halogens is 1. The van der Waals surface area contributed by atoms with Crippen LogP contribution in [0.3, 0.4) is 0 Å². The largest absolute Gasteiger partial charge is 0.395 e. The minimum absolute atomic E-state index is 0.0147. The van der Waals surface area contributed by atoms with Gasteiger partial charge >= 0.3 is 0 Å². The summed E-state index contributed by atoms with van der Waals surface area (Å²) in [5.74, 6) is 5.32. The highest BCUT2D eigenvalue weighted by molar-refractivity contribution is 5.38. The molecule has 1 aliphatic rings. The molecule has 114 valence electrons. The zero-order valence-corrected chi connectivity index (χ0v) is 12.7. The summed E-state index contributed by atoms with van der Waals surface area (Å²) in [6.45, 7) is 4.21. The lowest BCUT2D eigenvalue weighted by atomic mass is 10.1. The lowest BCUT2D eigenvalue weighted by molar-refractivity contribution is 0.250. The van der Waals surface area contributed by atoms with Crippen molar-refractivity contribution < 1.29 is 9.50 Å². The van der Waals surface area contributed by atoms with Gasteiger partial charge in [-0.25, -0.2) is 4.39 Å². The van der Waals surface area contributed by atoms with Crippen molar-refractivity contribution >= 4 is 0 Å². The Bertz CT molecular complexity index is 514. The van der Waals surface area contributed by atoms with Crippen LogP contribution in [0.15, 0.2) is 18.2 Å². The molecule has 1 aromatic carbocycles. The van der Waals surface area contributed by atoms with E-state index >= 15 is 0 Å². The zero-order chi connectivity index (χ0) is 15.1. The monoisotopic (exact) mass is 289 g/mol. The third-order valence-electron chi connectivity index (χ3n) is 3.74. The van der Waals surface area contributed by atoms with E-state index in [0.29, 0.717) is 18.0 Å². The number of rotatable bonds is 7. The highest BCUT2D eigenvalue weighted by Crippen LogP contribution is 2.28. The van der Waals surface area contributed by atoms with Gasteiger partial charge in [0.05, 0.1) is 12.2 Å². The molecule has 0 unspecified atom stereocenters. The highest BCUT2D eigenvalue weighted by atomic mass is 19.1. The van der Waals surface area contributed by atoms with Crippen LogP contribution in [-0.2, 0) is 6.54 Å². The number of aliphatic hydroxyl groups is 1. The molecule has 2 rings (SSSR count). The van der Waals surface area contributed by atoms with Crippen molar-refractivity contribution in [3.8, 4) is 11.8 Å². The second-order valence-corrected chi connectivity index (χ2v) is 5.64. The van der Waals surface area contributed by atoms with Crippen molar-refractivity contribution in [1.82, 2.24) is 4.90 Å². The molecular weight excluding hydrogens is 265 g/mol. The van der Waals surface area contributed by atoms with Gasteiger partial charge in [-0.3, -0.25) is 4.90 Å². The first-order chi connectivity index (χ1) is 10.2. The van der Waals surface area contributed by atoms with Gasteiger partial charge in [0.25, 0.3) is 0 Å². The fourth-order valence-corrected chi connectivity index (χ4v) is 2.41. The molecule has 0 saturated heterocycles. The number of benzene rings is 1. The molecule has 0 atom stereocenters. The summed E-state index contributed by atoms with van der Waals surface area (Å²) in [6, 6.07) is 5.92. The highest BCUT2D eigenvalue weighted by Gasteiger charge is 2.28. The molecule has 1 saturated carbocycles. The second-order valence-electron chi connectivity index (χ2n) is 5.64. The predicted octanol–water partition coefficient (Wildman–Crippen LogP) is 3.32. The Morgan fingerprint density at radius 3 is 2.86 bits per heavy atom. The first kappa shape index (κ1) is 16.0. The minimum atomic E-state index is -0.282. The van der Waals surface area contributed by atoms with Gasteiger partial charge in [-0.05, 0) is 43.5 Å². The van der Waals surface area contributed by atoms with Crippen molar-refractivity contribution in [1.29, 1.82) is 0 Å². The van der Waals surface area contributed by atoms with Gasteiger partial charge in [-0.2, -0.15) is 0 Å². The van der Waals surface area contributed by atoms with Gasteiger partial charge < -0.3 is 5.11 Å². The lowest BCUT2D eigenvalue weighted by Gasteiger charge is -2.22. The Hall–Kier alpha value is -1.37. The standard InChI is InChI=1S/C18H24FNO/c1-2-3-11-20(17-8-9-17)14-15-7-10-18(19)16(13-15)6-4-5-12-21/h7,10,13,17,21H,2-3,5,8-9,11-12,14H2,1H3. The summed E-state index contributed by atoms with van der Waals surface area (Å²) in [7, 11) is 0. The average Bonchev–Trinajstić information content (AvgIpc) is 3.31. The van der Waals surface area contributed by atoms with Crippen molar-refractivity contribution in [2.75, 3.05) is 13.2 Å². The Balaban J connectivity index is 2.05. The molecule has 1 aliphatic carbocycles. The number of hydrogen-bond acceptors (Lipinski definition) is 2. The Morgan fingerprint density at radius 1 is 1.38 bits per heavy atom. The Morgan fingerprint density at radius 2 is 2.19 bits per heavy atom. The molecule has 0 heterocycles. The van der Waals surface area contributed by atoms with Gasteiger partial charge in [-0.1, -0.05) is 31.3 Å². The zero-order valence-electron chi connectivity index (χ0n) is 12.7. The summed E-state index contributed by atoms with van der Waals surface area (Å²) in [4.78, 5) is 2.50. The molecular formula is C18H24FNO. The van der Waals surface area contributed by atoms with Crippen molar-refractivity contribution in [2.45, 2.75) is 51.6 Å². The normalized spacial score (nSPS) is 14.1. The van der Waals surface area contributed by atoms with Crippen LogP contribution in [0.4, 0.5) is 4.39 Å². The SMILES string of the molecule is CCCCN(Cc1ccc(F)c(C#CCCO)c1)C1CC1. The van der Waals surface area contributed by atoms with E-state index in [1.54, 1.807) is 0 Å². The minimum Gasteiger partial charge on any atom is -0.395 e. The van der Waals surface area contributed by atoms with E-state index in [1.165, 1.54) is 31.7 Å². The maximum atomic E-state index is 13.7. The van der Waals surface area contributed by atoms with E-state index in [9.17, 15) is 4.39 Å². The van der Waals surface area contributed by atoms with Gasteiger partial charge in [0, 0.05) is 19.0 Å². The van der Waals surface area contributed by atoms with Crippen molar-refractivity contribution in [2.24, 2.45) is 0 Å². The van der Waals surface area contributed by atoms with Crippen LogP contribution in [-0.4, -0.2) is 29.2 Å². The molecule has 0 aliphatic heterocycles. The van der Waals surface area contributed by atoms with Crippen LogP contribution >= 0.6 is 0 Å². The first-order valence-corrected chi connectivity index (χ1v) is 7.86. The maximum absolute atomic E-state index is 13.7. The van der Waals surface area contributed by atoms with Crippen LogP contribution in [0.25, 0.3) is 0 Å². The van der Waals surface area contributed by atoms with Crippen molar-refractivity contribution in [3.05, 3.63) is 35.1 Å². The molecule has 21 heavy (non-hydrogen) atoms. The Labute approximate surface area is 127 Å². The molecule has 0 bridgehead atoms. The van der Waals surface area contributed by atoms with Crippen LogP contribution in [0, 0.1) is 17.7 Å².